The van der Waals surface area contributed by atoms with Crippen molar-refractivity contribution in [3.8, 4) is 0 Å². The first-order chi connectivity index (χ1) is 8.45. The van der Waals surface area contributed by atoms with E-state index in [9.17, 15) is 8.42 Å². The van der Waals surface area contributed by atoms with Crippen LogP contribution >= 0.6 is 11.3 Å². The summed E-state index contributed by atoms with van der Waals surface area (Å²) in [5.74, 6) is 0. The Morgan fingerprint density at radius 3 is 2.44 bits per heavy atom. The lowest BCUT2D eigenvalue weighted by Crippen LogP contribution is -2.71. The Hall–Kier alpha value is -0.430. The second-order valence-corrected chi connectivity index (χ2v) is 8.85. The van der Waals surface area contributed by atoms with Crippen molar-refractivity contribution in [3.05, 3.63) is 17.0 Å². The van der Waals surface area contributed by atoms with Gasteiger partial charge in [0, 0.05) is 36.5 Å². The van der Waals surface area contributed by atoms with Crippen molar-refractivity contribution in [1.82, 2.24) is 9.21 Å². The van der Waals surface area contributed by atoms with Crippen molar-refractivity contribution in [2.75, 3.05) is 33.2 Å². The van der Waals surface area contributed by atoms with Crippen LogP contribution in [0, 0.1) is 5.41 Å². The zero-order chi connectivity index (χ0) is 13.0. The molecule has 2 fully saturated rings. The molecule has 1 aromatic rings. The van der Waals surface area contributed by atoms with E-state index in [0.29, 0.717) is 17.3 Å². The third-order valence-electron chi connectivity index (χ3n) is 3.81. The van der Waals surface area contributed by atoms with E-state index < -0.39 is 10.0 Å². The summed E-state index contributed by atoms with van der Waals surface area (Å²) in [4.78, 5) is 3.37. The Bertz CT molecular complexity index is 550. The number of hydrogen-bond acceptors (Lipinski definition) is 4. The predicted molar refractivity (Wildman–Crippen MR) is 72.4 cm³/mol. The Balaban J connectivity index is 1.73. The minimum absolute atomic E-state index is 0.257. The Morgan fingerprint density at radius 2 is 1.94 bits per heavy atom. The molecule has 0 unspecified atom stereocenters. The molecule has 0 atom stereocenters. The highest BCUT2D eigenvalue weighted by molar-refractivity contribution is 7.91. The SMILES string of the molecule is CCc1ccc(S(=O)(=O)N2CC3(CN(C)C3)C2)s1. The average molecular weight is 286 g/mol. The predicted octanol–water partition coefficient (Wildman–Crippen LogP) is 1.25. The van der Waals surface area contributed by atoms with Crippen LogP contribution in [-0.2, 0) is 16.4 Å². The fraction of sp³-hybridized carbons (Fsp3) is 0.667. The molecule has 2 aliphatic heterocycles. The molecule has 0 bridgehead atoms. The van der Waals surface area contributed by atoms with Crippen molar-refractivity contribution in [2.45, 2.75) is 17.6 Å². The van der Waals surface area contributed by atoms with Gasteiger partial charge in [0.05, 0.1) is 0 Å². The molecule has 0 N–H and O–H groups in total. The van der Waals surface area contributed by atoms with E-state index >= 15 is 0 Å². The number of nitrogens with zero attached hydrogens (tertiary/aromatic N) is 2. The van der Waals surface area contributed by atoms with Gasteiger partial charge in [0.1, 0.15) is 4.21 Å². The fourth-order valence-electron chi connectivity index (χ4n) is 2.98. The Morgan fingerprint density at radius 1 is 1.28 bits per heavy atom. The van der Waals surface area contributed by atoms with Crippen LogP contribution in [0.3, 0.4) is 0 Å². The van der Waals surface area contributed by atoms with Crippen LogP contribution in [0.1, 0.15) is 11.8 Å². The standard InChI is InChI=1S/C12H18N2O2S2/c1-3-10-4-5-11(17-10)18(15,16)14-8-12(9-14)6-13(2)7-12/h4-5H,3,6-9H2,1-2H3. The van der Waals surface area contributed by atoms with Crippen LogP contribution in [-0.4, -0.2) is 50.8 Å². The number of thiophene rings is 1. The Labute approximate surface area is 112 Å². The lowest BCUT2D eigenvalue weighted by molar-refractivity contribution is -0.0671. The number of hydrogen-bond donors (Lipinski definition) is 0. The van der Waals surface area contributed by atoms with Gasteiger partial charge in [0.2, 0.25) is 0 Å². The summed E-state index contributed by atoms with van der Waals surface area (Å²) in [6.45, 7) is 5.50. The molecule has 0 radical (unpaired) electrons. The summed E-state index contributed by atoms with van der Waals surface area (Å²) in [5.41, 5.74) is 0.257. The topological polar surface area (TPSA) is 40.6 Å². The van der Waals surface area contributed by atoms with Crippen LogP contribution in [0.25, 0.3) is 0 Å². The summed E-state index contributed by atoms with van der Waals surface area (Å²) >= 11 is 1.40. The molecule has 4 nitrogen and oxygen atoms in total. The molecule has 6 heteroatoms. The minimum Gasteiger partial charge on any atom is -0.305 e. The lowest BCUT2D eigenvalue weighted by Gasteiger charge is -2.58. The summed E-state index contributed by atoms with van der Waals surface area (Å²) in [5, 5.41) is 0. The van der Waals surface area contributed by atoms with E-state index in [1.165, 1.54) is 11.3 Å². The quantitative estimate of drug-likeness (QED) is 0.839. The van der Waals surface area contributed by atoms with Crippen molar-refractivity contribution < 1.29 is 8.42 Å². The molecule has 1 aromatic heterocycles. The third kappa shape index (κ3) is 1.82. The van der Waals surface area contributed by atoms with E-state index in [1.54, 1.807) is 10.4 Å². The normalized spacial score (nSPS) is 23.9. The maximum atomic E-state index is 12.4. The van der Waals surface area contributed by atoms with Crippen molar-refractivity contribution >= 4 is 21.4 Å². The van der Waals surface area contributed by atoms with Gasteiger partial charge in [-0.25, -0.2) is 8.42 Å². The number of likely N-dealkylation sites (tertiary alicyclic amines) is 1. The van der Waals surface area contributed by atoms with Gasteiger partial charge in [-0.1, -0.05) is 6.92 Å². The molecule has 1 spiro atoms. The second kappa shape index (κ2) is 4.03. The minimum atomic E-state index is -3.22. The van der Waals surface area contributed by atoms with E-state index in [4.69, 9.17) is 0 Å². The molecule has 0 saturated carbocycles. The third-order valence-corrected chi connectivity index (χ3v) is 7.30. The van der Waals surface area contributed by atoms with Crippen LogP contribution in [0.15, 0.2) is 16.3 Å². The molecule has 100 valence electrons. The summed E-state index contributed by atoms with van der Waals surface area (Å²) in [7, 11) is -1.14. The summed E-state index contributed by atoms with van der Waals surface area (Å²) < 4.78 is 26.9. The summed E-state index contributed by atoms with van der Waals surface area (Å²) in [6.07, 6.45) is 0.898. The highest BCUT2D eigenvalue weighted by atomic mass is 32.2. The Kier molecular flexibility index (Phi) is 2.82. The molecular weight excluding hydrogens is 268 g/mol. The van der Waals surface area contributed by atoms with Crippen molar-refractivity contribution in [1.29, 1.82) is 0 Å². The maximum Gasteiger partial charge on any atom is 0.252 e. The molecule has 2 aliphatic rings. The molecule has 0 aliphatic carbocycles. The monoisotopic (exact) mass is 286 g/mol. The highest BCUT2D eigenvalue weighted by Crippen LogP contribution is 2.42. The van der Waals surface area contributed by atoms with E-state index in [2.05, 4.69) is 11.9 Å². The average Bonchev–Trinajstić information content (AvgIpc) is 2.69. The van der Waals surface area contributed by atoms with Crippen LogP contribution in [0.5, 0.6) is 0 Å². The van der Waals surface area contributed by atoms with Gasteiger partial charge >= 0.3 is 0 Å². The molecule has 3 rings (SSSR count). The lowest BCUT2D eigenvalue weighted by atomic mass is 9.75. The first-order valence-electron chi connectivity index (χ1n) is 6.23. The zero-order valence-corrected chi connectivity index (χ0v) is 12.4. The van der Waals surface area contributed by atoms with Gasteiger partial charge < -0.3 is 4.90 Å². The fourth-order valence-corrected chi connectivity index (χ4v) is 6.10. The largest absolute Gasteiger partial charge is 0.305 e. The van der Waals surface area contributed by atoms with Crippen LogP contribution in [0.2, 0.25) is 0 Å². The second-order valence-electron chi connectivity index (χ2n) is 5.52. The molecular formula is C12H18N2O2S2. The zero-order valence-electron chi connectivity index (χ0n) is 10.7. The van der Waals surface area contributed by atoms with Crippen LogP contribution < -0.4 is 0 Å². The number of aryl methyl sites for hydroxylation is 1. The summed E-state index contributed by atoms with van der Waals surface area (Å²) in [6, 6.07) is 3.67. The molecule has 3 heterocycles. The molecule has 0 aromatic carbocycles. The van der Waals surface area contributed by atoms with Crippen molar-refractivity contribution in [3.63, 3.8) is 0 Å². The van der Waals surface area contributed by atoms with Gasteiger partial charge in [0.15, 0.2) is 0 Å². The van der Waals surface area contributed by atoms with Gasteiger partial charge in [-0.15, -0.1) is 11.3 Å². The molecule has 0 amide bonds. The van der Waals surface area contributed by atoms with Gasteiger partial charge in [-0.3, -0.25) is 0 Å². The van der Waals surface area contributed by atoms with E-state index in [1.807, 2.05) is 13.0 Å². The smallest absolute Gasteiger partial charge is 0.252 e. The maximum absolute atomic E-state index is 12.4. The van der Waals surface area contributed by atoms with Crippen LogP contribution in [0.4, 0.5) is 0 Å². The molecule has 2 saturated heterocycles. The van der Waals surface area contributed by atoms with E-state index in [0.717, 1.165) is 24.4 Å². The number of sulfonamides is 1. The van der Waals surface area contributed by atoms with Gasteiger partial charge in [-0.2, -0.15) is 4.31 Å². The van der Waals surface area contributed by atoms with Gasteiger partial charge in [0.25, 0.3) is 10.0 Å². The first kappa shape index (κ1) is 12.6. The molecule has 18 heavy (non-hydrogen) atoms. The number of rotatable bonds is 3. The van der Waals surface area contributed by atoms with Crippen molar-refractivity contribution in [2.24, 2.45) is 5.41 Å². The highest BCUT2D eigenvalue weighted by Gasteiger charge is 2.54. The van der Waals surface area contributed by atoms with Gasteiger partial charge in [-0.05, 0) is 25.6 Å². The first-order valence-corrected chi connectivity index (χ1v) is 8.48. The van der Waals surface area contributed by atoms with E-state index in [-0.39, 0.29) is 5.41 Å².